The number of nitrogens with one attached hydrogen (secondary N) is 1. The van der Waals surface area contributed by atoms with Crippen molar-refractivity contribution < 1.29 is 18.7 Å². The minimum atomic E-state index is -0.140. The summed E-state index contributed by atoms with van der Waals surface area (Å²) in [6.07, 6.45) is 4.06. The minimum absolute atomic E-state index is 0.140. The smallest absolute Gasteiger partial charge is 0.268 e. The highest BCUT2D eigenvalue weighted by Gasteiger charge is 2.16. The van der Waals surface area contributed by atoms with Gasteiger partial charge in [-0.25, -0.2) is 0 Å². The molecule has 1 amide bonds. The fourth-order valence-corrected chi connectivity index (χ4v) is 2.94. The number of rotatable bonds is 8. The first-order chi connectivity index (χ1) is 12.7. The fourth-order valence-electron chi connectivity index (χ4n) is 2.94. The van der Waals surface area contributed by atoms with Gasteiger partial charge in [-0.05, 0) is 24.1 Å². The molecule has 2 heterocycles. The molecule has 0 atom stereocenters. The van der Waals surface area contributed by atoms with Gasteiger partial charge in [-0.15, -0.1) is 6.58 Å². The Morgan fingerprint density at radius 3 is 2.77 bits per heavy atom. The molecule has 6 nitrogen and oxygen atoms in total. The molecule has 3 rings (SSSR count). The third kappa shape index (κ3) is 3.44. The van der Waals surface area contributed by atoms with Gasteiger partial charge < -0.3 is 23.8 Å². The molecule has 0 unspecified atom stereocenters. The first-order valence-corrected chi connectivity index (χ1v) is 8.34. The second-order valence-corrected chi connectivity index (χ2v) is 5.79. The Bertz CT molecular complexity index is 923. The normalized spacial score (nSPS) is 10.7. The number of carbonyl (C=O) groups is 1. The van der Waals surface area contributed by atoms with E-state index >= 15 is 0 Å². The maximum Gasteiger partial charge on any atom is 0.268 e. The molecule has 0 bridgehead atoms. The number of nitrogens with zero attached hydrogens (tertiary/aromatic N) is 1. The van der Waals surface area contributed by atoms with Crippen LogP contribution in [0.25, 0.3) is 11.1 Å². The number of fused-ring (bicyclic) bond motifs is 1. The van der Waals surface area contributed by atoms with E-state index < -0.39 is 0 Å². The number of methoxy groups -OCH3 is 2. The van der Waals surface area contributed by atoms with Gasteiger partial charge in [0.2, 0.25) is 0 Å². The van der Waals surface area contributed by atoms with Crippen molar-refractivity contribution in [2.75, 3.05) is 20.8 Å². The molecule has 0 saturated heterocycles. The van der Waals surface area contributed by atoms with Gasteiger partial charge in [0.25, 0.3) is 5.91 Å². The van der Waals surface area contributed by atoms with Crippen LogP contribution >= 0.6 is 0 Å². The zero-order chi connectivity index (χ0) is 18.5. The Labute approximate surface area is 152 Å². The van der Waals surface area contributed by atoms with E-state index in [2.05, 4.69) is 11.9 Å². The lowest BCUT2D eigenvalue weighted by atomic mass is 10.1. The molecule has 1 N–H and O–H groups in total. The summed E-state index contributed by atoms with van der Waals surface area (Å²) in [7, 11) is 3.21. The average Bonchev–Trinajstić information content (AvgIpc) is 3.24. The highest BCUT2D eigenvalue weighted by atomic mass is 16.5. The van der Waals surface area contributed by atoms with Crippen LogP contribution in [0.15, 0.2) is 53.7 Å². The van der Waals surface area contributed by atoms with Crippen molar-refractivity contribution in [3.8, 4) is 11.5 Å². The molecule has 0 fully saturated rings. The molecule has 0 radical (unpaired) electrons. The molecular weight excluding hydrogens is 332 g/mol. The van der Waals surface area contributed by atoms with E-state index in [-0.39, 0.29) is 5.91 Å². The second kappa shape index (κ2) is 7.82. The van der Waals surface area contributed by atoms with Crippen molar-refractivity contribution in [2.45, 2.75) is 13.0 Å². The molecule has 1 aromatic carbocycles. The molecular formula is C20H22N2O4. The quantitative estimate of drug-likeness (QED) is 0.630. The van der Waals surface area contributed by atoms with Crippen molar-refractivity contribution in [3.63, 3.8) is 0 Å². The molecule has 0 aliphatic heterocycles. The minimum Gasteiger partial charge on any atom is -0.493 e. The van der Waals surface area contributed by atoms with E-state index in [1.165, 1.54) is 0 Å². The van der Waals surface area contributed by atoms with E-state index in [1.54, 1.807) is 32.6 Å². The third-order valence-corrected chi connectivity index (χ3v) is 4.21. The maximum atomic E-state index is 12.6. The maximum absolute atomic E-state index is 12.6. The van der Waals surface area contributed by atoms with Crippen LogP contribution < -0.4 is 14.8 Å². The summed E-state index contributed by atoms with van der Waals surface area (Å²) in [4.78, 5) is 12.6. The van der Waals surface area contributed by atoms with E-state index in [1.807, 2.05) is 28.8 Å². The third-order valence-electron chi connectivity index (χ3n) is 4.21. The van der Waals surface area contributed by atoms with E-state index in [4.69, 9.17) is 13.9 Å². The van der Waals surface area contributed by atoms with Crippen molar-refractivity contribution in [3.05, 3.63) is 60.5 Å². The Balaban J connectivity index is 1.67. The van der Waals surface area contributed by atoms with Crippen molar-refractivity contribution in [2.24, 2.45) is 0 Å². The summed E-state index contributed by atoms with van der Waals surface area (Å²) >= 11 is 0. The second-order valence-electron chi connectivity index (χ2n) is 5.79. The summed E-state index contributed by atoms with van der Waals surface area (Å²) in [5, 5.41) is 2.96. The standard InChI is InChI=1S/C20H22N2O4/c1-4-10-22-15-8-11-26-18(15)13-16(22)20(23)21-9-7-14-5-6-17(24-2)19(12-14)25-3/h4-6,8,11-13H,1,7,9-10H2,2-3H3,(H,21,23). The molecule has 0 aliphatic rings. The van der Waals surface area contributed by atoms with Crippen LogP contribution in [0.3, 0.4) is 0 Å². The van der Waals surface area contributed by atoms with Gasteiger partial charge in [0, 0.05) is 25.2 Å². The van der Waals surface area contributed by atoms with E-state index in [0.29, 0.717) is 42.3 Å². The van der Waals surface area contributed by atoms with E-state index in [0.717, 1.165) is 11.1 Å². The lowest BCUT2D eigenvalue weighted by Gasteiger charge is -2.11. The fraction of sp³-hybridized carbons (Fsp3) is 0.250. The number of carbonyl (C=O) groups excluding carboxylic acids is 1. The Hall–Kier alpha value is -3.15. The predicted octanol–water partition coefficient (Wildman–Crippen LogP) is 3.41. The number of amides is 1. The lowest BCUT2D eigenvalue weighted by molar-refractivity contribution is 0.0945. The number of ether oxygens (including phenoxy) is 2. The van der Waals surface area contributed by atoms with Gasteiger partial charge in [0.05, 0.1) is 26.0 Å². The van der Waals surface area contributed by atoms with Gasteiger partial charge >= 0.3 is 0 Å². The zero-order valence-electron chi connectivity index (χ0n) is 15.0. The van der Waals surface area contributed by atoms with Crippen molar-refractivity contribution in [1.82, 2.24) is 9.88 Å². The zero-order valence-corrected chi connectivity index (χ0v) is 15.0. The van der Waals surface area contributed by atoms with Crippen molar-refractivity contribution in [1.29, 1.82) is 0 Å². The molecule has 2 aromatic heterocycles. The summed E-state index contributed by atoms with van der Waals surface area (Å²) in [5.41, 5.74) is 3.19. The van der Waals surface area contributed by atoms with Gasteiger partial charge in [-0.1, -0.05) is 12.1 Å². The van der Waals surface area contributed by atoms with Gasteiger partial charge in [-0.3, -0.25) is 4.79 Å². The number of aromatic nitrogens is 1. The highest BCUT2D eigenvalue weighted by Crippen LogP contribution is 2.27. The van der Waals surface area contributed by atoms with Crippen LogP contribution in [0.4, 0.5) is 0 Å². The summed E-state index contributed by atoms with van der Waals surface area (Å²) in [6, 6.07) is 9.34. The summed E-state index contributed by atoms with van der Waals surface area (Å²) in [5.74, 6) is 1.22. The van der Waals surface area contributed by atoms with Gasteiger partial charge in [0.15, 0.2) is 17.1 Å². The number of furan rings is 1. The SMILES string of the molecule is C=CCn1c(C(=O)NCCc2ccc(OC)c(OC)c2)cc2occc21. The molecule has 0 aliphatic carbocycles. The van der Waals surface area contributed by atoms with Gasteiger partial charge in [0.1, 0.15) is 5.69 Å². The van der Waals surface area contributed by atoms with Crippen LogP contribution in [0.5, 0.6) is 11.5 Å². The predicted molar refractivity (Wildman–Crippen MR) is 100.0 cm³/mol. The summed E-state index contributed by atoms with van der Waals surface area (Å²) in [6.45, 7) is 4.81. The van der Waals surface area contributed by atoms with Crippen LogP contribution in [0.2, 0.25) is 0 Å². The first-order valence-electron chi connectivity index (χ1n) is 8.34. The van der Waals surface area contributed by atoms with E-state index in [9.17, 15) is 4.79 Å². The largest absolute Gasteiger partial charge is 0.493 e. The highest BCUT2D eigenvalue weighted by molar-refractivity contribution is 5.97. The van der Waals surface area contributed by atoms with Crippen molar-refractivity contribution >= 4 is 17.0 Å². The first kappa shape index (κ1) is 17.7. The lowest BCUT2D eigenvalue weighted by Crippen LogP contribution is -2.27. The van der Waals surface area contributed by atoms with Crippen LogP contribution in [0.1, 0.15) is 16.1 Å². The number of benzene rings is 1. The molecule has 0 spiro atoms. The van der Waals surface area contributed by atoms with Gasteiger partial charge in [-0.2, -0.15) is 0 Å². The molecule has 3 aromatic rings. The topological polar surface area (TPSA) is 65.6 Å². The number of hydrogen-bond donors (Lipinski definition) is 1. The molecule has 26 heavy (non-hydrogen) atoms. The monoisotopic (exact) mass is 354 g/mol. The average molecular weight is 354 g/mol. The Morgan fingerprint density at radius 1 is 1.23 bits per heavy atom. The Morgan fingerprint density at radius 2 is 2.04 bits per heavy atom. The number of hydrogen-bond acceptors (Lipinski definition) is 4. The number of allylic oxidation sites excluding steroid dienone is 1. The molecule has 6 heteroatoms. The molecule has 136 valence electrons. The van der Waals surface area contributed by atoms with Crippen LogP contribution in [0, 0.1) is 0 Å². The van der Waals surface area contributed by atoms with Crippen LogP contribution in [-0.2, 0) is 13.0 Å². The van der Waals surface area contributed by atoms with Crippen LogP contribution in [-0.4, -0.2) is 31.2 Å². The Kier molecular flexibility index (Phi) is 5.31. The summed E-state index contributed by atoms with van der Waals surface area (Å²) < 4.78 is 17.8. The molecule has 0 saturated carbocycles.